The Morgan fingerprint density at radius 2 is 1.77 bits per heavy atom. The van der Waals surface area contributed by atoms with Crippen molar-refractivity contribution in [3.8, 4) is 0 Å². The van der Waals surface area contributed by atoms with Gasteiger partial charge in [-0.3, -0.25) is 18.9 Å². The number of ether oxygens (including phenoxy) is 1. The number of nitrogens with zero attached hydrogens (tertiary/aromatic N) is 1. The molecular weight excluding hydrogens is 481 g/mol. The van der Waals surface area contributed by atoms with Gasteiger partial charge in [0.2, 0.25) is 0 Å². The Morgan fingerprint density at radius 1 is 1.13 bits per heavy atom. The van der Waals surface area contributed by atoms with E-state index >= 15 is 0 Å². The number of phosphoric ester groups is 1. The Hall–Kier alpha value is -1.03. The quantitative estimate of drug-likeness (QED) is 0.182. The summed E-state index contributed by atoms with van der Waals surface area (Å²) in [5.74, 6) is 0. The smallest absolute Gasteiger partial charge is 0.391 e. The van der Waals surface area contributed by atoms with Gasteiger partial charge in [-0.05, 0) is 0 Å². The largest absolute Gasteiger partial charge is 0.490 e. The van der Waals surface area contributed by atoms with Crippen molar-refractivity contribution in [1.29, 1.82) is 0 Å². The molecule has 1 aliphatic rings. The highest BCUT2D eigenvalue weighted by atomic mass is 31.3. The first kappa shape index (κ1) is 25.2. The van der Waals surface area contributed by atoms with Gasteiger partial charge in [0.15, 0.2) is 0 Å². The van der Waals surface area contributed by atoms with E-state index in [-0.39, 0.29) is 12.0 Å². The molecule has 7 N–H and O–H groups in total. The fraction of sp³-hybridized carbons (Fsp3) is 0.600. The third kappa shape index (κ3) is 7.00. The van der Waals surface area contributed by atoms with E-state index in [1.807, 2.05) is 4.98 Å². The molecule has 5 atom stereocenters. The molecule has 0 aliphatic carbocycles. The van der Waals surface area contributed by atoms with E-state index in [0.29, 0.717) is 0 Å². The normalized spacial score (nSPS) is 26.3. The van der Waals surface area contributed by atoms with E-state index in [2.05, 4.69) is 13.1 Å². The number of aliphatic hydroxyl groups is 2. The molecule has 0 saturated carbocycles. The fourth-order valence-corrected chi connectivity index (χ4v) is 5.39. The van der Waals surface area contributed by atoms with Crippen LogP contribution in [0, 0.1) is 0 Å². The van der Waals surface area contributed by atoms with Crippen LogP contribution in [0.5, 0.6) is 0 Å². The van der Waals surface area contributed by atoms with Crippen molar-refractivity contribution in [2.75, 3.05) is 6.61 Å². The van der Waals surface area contributed by atoms with Crippen LogP contribution in [0.25, 0.3) is 0 Å². The van der Waals surface area contributed by atoms with Crippen molar-refractivity contribution in [2.45, 2.75) is 31.5 Å². The van der Waals surface area contributed by atoms with Crippen LogP contribution in [-0.2, 0) is 38.2 Å². The van der Waals surface area contributed by atoms with Gasteiger partial charge in [0.1, 0.15) is 12.3 Å². The second-order valence-electron chi connectivity index (χ2n) is 5.80. The number of aromatic nitrogens is 2. The van der Waals surface area contributed by atoms with E-state index in [9.17, 15) is 33.3 Å². The monoisotopic (exact) mass is 498 g/mol. The van der Waals surface area contributed by atoms with Crippen molar-refractivity contribution < 1.29 is 61.4 Å². The zero-order chi connectivity index (χ0) is 22.9. The van der Waals surface area contributed by atoms with Gasteiger partial charge in [0, 0.05) is 12.6 Å². The highest BCUT2D eigenvalue weighted by molar-refractivity contribution is 7.66. The Kier molecular flexibility index (Phi) is 7.76. The van der Waals surface area contributed by atoms with Gasteiger partial charge in [-0.2, -0.15) is 8.62 Å². The van der Waals surface area contributed by atoms with Crippen LogP contribution in [0.4, 0.5) is 0 Å². The summed E-state index contributed by atoms with van der Waals surface area (Å²) in [6.07, 6.45) is -3.18. The molecular formula is C10H17N2O15P3. The predicted molar refractivity (Wildman–Crippen MR) is 91.6 cm³/mol. The first-order valence-electron chi connectivity index (χ1n) is 7.69. The highest BCUT2D eigenvalue weighted by Gasteiger charge is 2.43. The summed E-state index contributed by atoms with van der Waals surface area (Å²) in [5, 5.41) is 19.1. The van der Waals surface area contributed by atoms with E-state index in [1.54, 1.807) is 0 Å². The number of hydrogen-bond acceptors (Lipinski definition) is 11. The van der Waals surface area contributed by atoms with Crippen LogP contribution >= 0.6 is 23.5 Å². The molecule has 1 saturated heterocycles. The minimum absolute atomic E-state index is 0.176. The standard InChI is InChI=1S/C10H17N2O15P3/c13-3-5-2-12(10(16)11-9(5)15)8-1-6(14)7(25-8)4-24-29(20,21)27-30(22,23)26-28(17,18)19/h2,6-8,13-14H,1,3-4H2,(H,20,21)(H,22,23)(H,11,15,16)(H2,17,18,19)/t6-,7+,8+/m0/s1. The van der Waals surface area contributed by atoms with Gasteiger partial charge in [0.25, 0.3) is 5.56 Å². The Labute approximate surface area is 165 Å². The first-order chi connectivity index (χ1) is 13.6. The number of aliphatic hydroxyl groups excluding tert-OH is 2. The van der Waals surface area contributed by atoms with Crippen LogP contribution in [0.2, 0.25) is 0 Å². The lowest BCUT2D eigenvalue weighted by Crippen LogP contribution is -2.34. The maximum atomic E-state index is 11.9. The molecule has 0 aromatic carbocycles. The third-order valence-corrected chi connectivity index (χ3v) is 7.35. The van der Waals surface area contributed by atoms with E-state index < -0.39 is 66.4 Å². The minimum Gasteiger partial charge on any atom is -0.391 e. The predicted octanol–water partition coefficient (Wildman–Crippen LogP) is -1.98. The average molecular weight is 498 g/mol. The van der Waals surface area contributed by atoms with E-state index in [1.165, 1.54) is 0 Å². The van der Waals surface area contributed by atoms with Crippen LogP contribution in [-0.4, -0.2) is 58.2 Å². The lowest BCUT2D eigenvalue weighted by molar-refractivity contribution is -0.0451. The molecule has 1 aromatic heterocycles. The van der Waals surface area contributed by atoms with Gasteiger partial charge in [-0.1, -0.05) is 0 Å². The molecule has 2 rings (SSSR count). The summed E-state index contributed by atoms with van der Waals surface area (Å²) in [5.41, 5.74) is -1.94. The number of H-pyrrole nitrogens is 1. The number of hydrogen-bond donors (Lipinski definition) is 7. The zero-order valence-corrected chi connectivity index (χ0v) is 17.3. The lowest BCUT2D eigenvalue weighted by atomic mass is 10.2. The highest BCUT2D eigenvalue weighted by Crippen LogP contribution is 2.66. The SMILES string of the molecule is O=c1[nH]c(=O)n([C@H]2C[C@H](O)[C@@H](COP(=O)(O)OP(=O)(O)OP(=O)(O)O)O2)cc1CO. The fourth-order valence-electron chi connectivity index (χ4n) is 2.36. The molecule has 0 bridgehead atoms. The number of nitrogens with one attached hydrogen (secondary N) is 1. The maximum absolute atomic E-state index is 11.9. The second-order valence-corrected chi connectivity index (χ2v) is 10.2. The van der Waals surface area contributed by atoms with E-state index in [0.717, 1.165) is 10.8 Å². The Balaban J connectivity index is 2.05. The molecule has 2 heterocycles. The van der Waals surface area contributed by atoms with Crippen LogP contribution in [0.3, 0.4) is 0 Å². The maximum Gasteiger partial charge on any atom is 0.490 e. The van der Waals surface area contributed by atoms with Crippen LogP contribution in [0.1, 0.15) is 18.2 Å². The topological polar surface area (TPSA) is 264 Å². The molecule has 0 amide bonds. The van der Waals surface area contributed by atoms with Crippen molar-refractivity contribution in [3.63, 3.8) is 0 Å². The van der Waals surface area contributed by atoms with Gasteiger partial charge >= 0.3 is 29.2 Å². The third-order valence-electron chi connectivity index (χ3n) is 3.54. The molecule has 1 aliphatic heterocycles. The summed E-state index contributed by atoms with van der Waals surface area (Å²) in [4.78, 5) is 60.6. The van der Waals surface area contributed by atoms with Crippen molar-refractivity contribution >= 4 is 23.5 Å². The van der Waals surface area contributed by atoms with Crippen molar-refractivity contribution in [3.05, 3.63) is 32.6 Å². The molecule has 0 spiro atoms. The molecule has 1 fully saturated rings. The van der Waals surface area contributed by atoms with Gasteiger partial charge < -0.3 is 34.5 Å². The van der Waals surface area contributed by atoms with Crippen LogP contribution < -0.4 is 11.2 Å². The summed E-state index contributed by atoms with van der Waals surface area (Å²) in [6.45, 7) is -1.62. The molecule has 172 valence electrons. The lowest BCUT2D eigenvalue weighted by Gasteiger charge is -2.19. The Morgan fingerprint density at radius 3 is 2.33 bits per heavy atom. The molecule has 2 unspecified atom stereocenters. The Bertz CT molecular complexity index is 1030. The minimum atomic E-state index is -5.70. The summed E-state index contributed by atoms with van der Waals surface area (Å²) in [6, 6.07) is 0. The zero-order valence-electron chi connectivity index (χ0n) is 14.6. The molecule has 20 heteroatoms. The molecule has 17 nitrogen and oxygen atoms in total. The van der Waals surface area contributed by atoms with Crippen molar-refractivity contribution in [1.82, 2.24) is 9.55 Å². The van der Waals surface area contributed by atoms with E-state index in [4.69, 9.17) is 24.5 Å². The number of aromatic amines is 1. The van der Waals surface area contributed by atoms with Gasteiger partial charge in [-0.15, -0.1) is 0 Å². The summed E-state index contributed by atoms with van der Waals surface area (Å²) >= 11 is 0. The number of rotatable bonds is 9. The number of phosphoric acid groups is 3. The molecule has 30 heavy (non-hydrogen) atoms. The molecule has 0 radical (unpaired) electrons. The summed E-state index contributed by atoms with van der Waals surface area (Å²) in [7, 11) is -16.7. The second kappa shape index (κ2) is 9.22. The first-order valence-corrected chi connectivity index (χ1v) is 12.2. The summed E-state index contributed by atoms with van der Waals surface area (Å²) < 4.78 is 51.1. The molecule has 1 aromatic rings. The average Bonchev–Trinajstić information content (AvgIpc) is 2.90. The van der Waals surface area contributed by atoms with Crippen molar-refractivity contribution in [2.24, 2.45) is 0 Å². The van der Waals surface area contributed by atoms with Gasteiger partial charge in [-0.25, -0.2) is 18.5 Å². The van der Waals surface area contributed by atoms with Crippen LogP contribution in [0.15, 0.2) is 15.8 Å². The van der Waals surface area contributed by atoms with Gasteiger partial charge in [0.05, 0.1) is 24.9 Å².